The Hall–Kier alpha value is -2.75. The first-order chi connectivity index (χ1) is 14.9. The Balaban J connectivity index is 1.85. The second kappa shape index (κ2) is 10.0. The number of benzene rings is 2. The van der Waals surface area contributed by atoms with Gasteiger partial charge in [0.15, 0.2) is 0 Å². The summed E-state index contributed by atoms with van der Waals surface area (Å²) in [6.45, 7) is 5.64. The number of hydrogen-bond acceptors (Lipinski definition) is 5. The molecule has 9 heteroatoms. The molecule has 1 unspecified atom stereocenters. The lowest BCUT2D eigenvalue weighted by atomic mass is 10.0. The summed E-state index contributed by atoms with van der Waals surface area (Å²) in [6.07, 6.45) is 0. The molecule has 0 aliphatic carbocycles. The zero-order valence-corrected chi connectivity index (χ0v) is 18.6. The second-order valence-electron chi connectivity index (χ2n) is 7.24. The molecule has 0 aromatic heterocycles. The van der Waals surface area contributed by atoms with Gasteiger partial charge >= 0.3 is 0 Å². The van der Waals surface area contributed by atoms with Crippen molar-refractivity contribution in [3.8, 4) is 0 Å². The third kappa shape index (κ3) is 5.30. The van der Waals surface area contributed by atoms with Crippen molar-refractivity contribution in [3.05, 3.63) is 60.2 Å². The van der Waals surface area contributed by atoms with Crippen molar-refractivity contribution in [2.24, 2.45) is 0 Å². The highest BCUT2D eigenvalue weighted by Crippen LogP contribution is 2.25. The lowest BCUT2D eigenvalue weighted by molar-refractivity contribution is -0.123. The van der Waals surface area contributed by atoms with E-state index < -0.39 is 16.1 Å². The van der Waals surface area contributed by atoms with E-state index in [0.717, 1.165) is 9.87 Å². The van der Waals surface area contributed by atoms with E-state index in [2.05, 4.69) is 10.6 Å². The maximum atomic E-state index is 13.2. The van der Waals surface area contributed by atoms with Crippen molar-refractivity contribution in [1.29, 1.82) is 0 Å². The van der Waals surface area contributed by atoms with Gasteiger partial charge in [-0.1, -0.05) is 50.2 Å². The zero-order valence-electron chi connectivity index (χ0n) is 17.7. The van der Waals surface area contributed by atoms with Crippen LogP contribution in [0.1, 0.15) is 25.5 Å². The van der Waals surface area contributed by atoms with Crippen LogP contribution in [-0.2, 0) is 19.6 Å². The molecule has 1 fully saturated rings. The van der Waals surface area contributed by atoms with Crippen LogP contribution in [0.2, 0.25) is 0 Å². The number of amides is 2. The molecule has 0 spiro atoms. The van der Waals surface area contributed by atoms with E-state index >= 15 is 0 Å². The largest absolute Gasteiger partial charge is 0.354 e. The lowest BCUT2D eigenvalue weighted by Crippen LogP contribution is -2.49. The van der Waals surface area contributed by atoms with Crippen molar-refractivity contribution in [2.45, 2.75) is 24.8 Å². The fourth-order valence-corrected chi connectivity index (χ4v) is 5.11. The molecule has 1 aliphatic rings. The highest BCUT2D eigenvalue weighted by Gasteiger charge is 2.30. The van der Waals surface area contributed by atoms with Crippen molar-refractivity contribution in [1.82, 2.24) is 14.5 Å². The normalized spacial score (nSPS) is 16.0. The van der Waals surface area contributed by atoms with Gasteiger partial charge in [0, 0.05) is 18.8 Å². The number of piperazine rings is 1. The van der Waals surface area contributed by atoms with Crippen molar-refractivity contribution >= 4 is 27.5 Å². The smallest absolute Gasteiger partial charge is 0.246 e. The van der Waals surface area contributed by atoms with E-state index in [1.807, 2.05) is 49.1 Å². The molecule has 2 amide bonds. The Labute approximate surface area is 183 Å². The molecule has 2 N–H and O–H groups in total. The van der Waals surface area contributed by atoms with Crippen LogP contribution in [0.3, 0.4) is 0 Å². The molecule has 1 heterocycles. The minimum absolute atomic E-state index is 0.0408. The van der Waals surface area contributed by atoms with E-state index in [-0.39, 0.29) is 36.3 Å². The number of hydrogen-bond donors (Lipinski definition) is 2. The molecule has 1 saturated heterocycles. The summed E-state index contributed by atoms with van der Waals surface area (Å²) in [5, 5.41) is 5.49. The van der Waals surface area contributed by atoms with E-state index in [1.165, 1.54) is 12.1 Å². The first kappa shape index (κ1) is 22.9. The summed E-state index contributed by atoms with van der Waals surface area (Å²) >= 11 is 0. The molecule has 2 aromatic carbocycles. The molecular formula is C22H28N4O4S. The van der Waals surface area contributed by atoms with Gasteiger partial charge in [-0.05, 0) is 36.9 Å². The standard InChI is InChI=1S/C22H28N4O4S/c1-3-25(4-2)21(17-9-6-5-7-10-17)22(28)24-18-11-8-12-19(15-18)31(29,30)26-14-13-23-20(27)16-26/h5-12,15,21H,3-4,13-14,16H2,1-2H3,(H,23,27)(H,24,28). The fraction of sp³-hybridized carbons (Fsp3) is 0.364. The van der Waals surface area contributed by atoms with Crippen LogP contribution < -0.4 is 10.6 Å². The van der Waals surface area contributed by atoms with E-state index in [1.54, 1.807) is 12.1 Å². The Kier molecular flexibility index (Phi) is 7.42. The molecule has 8 nitrogen and oxygen atoms in total. The van der Waals surface area contributed by atoms with Crippen LogP contribution in [-0.4, -0.2) is 62.2 Å². The minimum Gasteiger partial charge on any atom is -0.354 e. The number of carbonyl (C=O) groups is 2. The average molecular weight is 445 g/mol. The summed E-state index contributed by atoms with van der Waals surface area (Å²) in [5.41, 5.74) is 1.26. The van der Waals surface area contributed by atoms with Crippen molar-refractivity contribution < 1.29 is 18.0 Å². The van der Waals surface area contributed by atoms with E-state index in [9.17, 15) is 18.0 Å². The summed E-state index contributed by atoms with van der Waals surface area (Å²) in [4.78, 5) is 26.9. The number of anilines is 1. The number of rotatable bonds is 8. The second-order valence-corrected chi connectivity index (χ2v) is 9.18. The summed E-state index contributed by atoms with van der Waals surface area (Å²) < 4.78 is 27.1. The first-order valence-electron chi connectivity index (χ1n) is 10.3. The number of carbonyl (C=O) groups excluding carboxylic acids is 2. The van der Waals surface area contributed by atoms with Gasteiger partial charge in [0.2, 0.25) is 21.8 Å². The van der Waals surface area contributed by atoms with E-state index in [0.29, 0.717) is 18.8 Å². The predicted octanol–water partition coefficient (Wildman–Crippen LogP) is 1.83. The average Bonchev–Trinajstić information content (AvgIpc) is 2.78. The van der Waals surface area contributed by atoms with Crippen LogP contribution in [0.5, 0.6) is 0 Å². The molecular weight excluding hydrogens is 416 g/mol. The summed E-state index contributed by atoms with van der Waals surface area (Å²) in [6, 6.07) is 15.1. The van der Waals surface area contributed by atoms with Crippen LogP contribution in [0.25, 0.3) is 0 Å². The quantitative estimate of drug-likeness (QED) is 0.647. The van der Waals surface area contributed by atoms with Gasteiger partial charge in [-0.3, -0.25) is 14.5 Å². The number of sulfonamides is 1. The zero-order chi connectivity index (χ0) is 22.4. The van der Waals surface area contributed by atoms with Gasteiger partial charge < -0.3 is 10.6 Å². The monoisotopic (exact) mass is 444 g/mol. The van der Waals surface area contributed by atoms with Crippen LogP contribution in [0.15, 0.2) is 59.5 Å². The van der Waals surface area contributed by atoms with Gasteiger partial charge in [0.1, 0.15) is 6.04 Å². The van der Waals surface area contributed by atoms with Crippen LogP contribution in [0, 0.1) is 0 Å². The van der Waals surface area contributed by atoms with Crippen LogP contribution >= 0.6 is 0 Å². The number of nitrogens with one attached hydrogen (secondary N) is 2. The Morgan fingerprint density at radius 3 is 2.48 bits per heavy atom. The van der Waals surface area contributed by atoms with Gasteiger partial charge in [0.25, 0.3) is 0 Å². The third-order valence-electron chi connectivity index (χ3n) is 5.28. The maximum Gasteiger partial charge on any atom is 0.246 e. The molecule has 31 heavy (non-hydrogen) atoms. The van der Waals surface area contributed by atoms with Crippen molar-refractivity contribution in [3.63, 3.8) is 0 Å². The van der Waals surface area contributed by atoms with Gasteiger partial charge in [-0.15, -0.1) is 0 Å². The maximum absolute atomic E-state index is 13.2. The fourth-order valence-electron chi connectivity index (χ4n) is 3.67. The number of nitrogens with zero attached hydrogens (tertiary/aromatic N) is 2. The Morgan fingerprint density at radius 2 is 1.84 bits per heavy atom. The highest BCUT2D eigenvalue weighted by molar-refractivity contribution is 7.89. The van der Waals surface area contributed by atoms with Crippen LogP contribution in [0.4, 0.5) is 5.69 Å². The third-order valence-corrected chi connectivity index (χ3v) is 7.13. The highest BCUT2D eigenvalue weighted by atomic mass is 32.2. The topological polar surface area (TPSA) is 98.8 Å². The minimum atomic E-state index is -3.84. The van der Waals surface area contributed by atoms with Crippen molar-refractivity contribution in [2.75, 3.05) is 38.0 Å². The van der Waals surface area contributed by atoms with Gasteiger partial charge in [-0.2, -0.15) is 4.31 Å². The summed E-state index contributed by atoms with van der Waals surface area (Å²) in [7, 11) is -3.84. The van der Waals surface area contributed by atoms with Gasteiger partial charge in [0.05, 0.1) is 11.4 Å². The molecule has 166 valence electrons. The summed E-state index contributed by atoms with van der Waals surface area (Å²) in [5.74, 6) is -0.564. The van der Waals surface area contributed by atoms with E-state index in [4.69, 9.17) is 0 Å². The number of likely N-dealkylation sites (N-methyl/N-ethyl adjacent to an activating group) is 1. The Morgan fingerprint density at radius 1 is 1.13 bits per heavy atom. The first-order valence-corrected chi connectivity index (χ1v) is 11.8. The van der Waals surface area contributed by atoms with Gasteiger partial charge in [-0.25, -0.2) is 8.42 Å². The molecule has 1 atom stereocenters. The lowest BCUT2D eigenvalue weighted by Gasteiger charge is -2.29. The Bertz CT molecular complexity index is 1020. The molecule has 2 aromatic rings. The SMILES string of the molecule is CCN(CC)C(C(=O)Nc1cccc(S(=O)(=O)N2CCNC(=O)C2)c1)c1ccccc1. The predicted molar refractivity (Wildman–Crippen MR) is 119 cm³/mol. The molecule has 3 rings (SSSR count). The molecule has 0 saturated carbocycles. The molecule has 0 bridgehead atoms. The molecule has 1 aliphatic heterocycles. The molecule has 0 radical (unpaired) electrons.